The van der Waals surface area contributed by atoms with E-state index in [1.165, 1.54) is 0 Å². The highest BCUT2D eigenvalue weighted by atomic mass is 19.2. The third kappa shape index (κ3) is 3.23. The summed E-state index contributed by atoms with van der Waals surface area (Å²) < 4.78 is 26.1. The number of halogens is 2. The van der Waals surface area contributed by atoms with Crippen molar-refractivity contribution in [2.24, 2.45) is 5.41 Å². The molecule has 0 atom stereocenters. The van der Waals surface area contributed by atoms with Gasteiger partial charge in [0.25, 0.3) is 0 Å². The number of carbonyl (C=O) groups is 2. The van der Waals surface area contributed by atoms with Gasteiger partial charge < -0.3 is 15.7 Å². The van der Waals surface area contributed by atoms with Crippen LogP contribution in [0.4, 0.5) is 19.3 Å². The van der Waals surface area contributed by atoms with Crippen LogP contribution in [0.3, 0.4) is 0 Å². The lowest BCUT2D eigenvalue weighted by Crippen LogP contribution is -2.33. The van der Waals surface area contributed by atoms with E-state index in [4.69, 9.17) is 5.11 Å². The largest absolute Gasteiger partial charge is 0.478 e. The van der Waals surface area contributed by atoms with E-state index in [0.29, 0.717) is 18.7 Å². The highest BCUT2D eigenvalue weighted by Crippen LogP contribution is 2.44. The molecule has 1 aromatic carbocycles. The molecule has 1 aliphatic carbocycles. The Labute approximate surface area is 114 Å². The lowest BCUT2D eigenvalue weighted by molar-refractivity contribution is 0.0697. The maximum atomic E-state index is 13.1. The van der Waals surface area contributed by atoms with Crippen LogP contribution in [0, 0.1) is 17.0 Å². The molecule has 0 unspecified atom stereocenters. The number of aromatic carboxylic acids is 1. The fourth-order valence-corrected chi connectivity index (χ4v) is 1.68. The van der Waals surface area contributed by atoms with Crippen molar-refractivity contribution < 1.29 is 23.5 Å². The van der Waals surface area contributed by atoms with Crippen molar-refractivity contribution in [1.82, 2.24) is 5.32 Å². The Morgan fingerprint density at radius 1 is 1.30 bits per heavy atom. The highest BCUT2D eigenvalue weighted by molar-refractivity contribution is 6.00. The first kappa shape index (κ1) is 14.2. The lowest BCUT2D eigenvalue weighted by atomic mass is 10.1. The summed E-state index contributed by atoms with van der Waals surface area (Å²) in [6.45, 7) is 2.46. The van der Waals surface area contributed by atoms with E-state index in [-0.39, 0.29) is 11.1 Å². The molecule has 2 amide bonds. The van der Waals surface area contributed by atoms with Crippen LogP contribution < -0.4 is 10.6 Å². The molecule has 1 fully saturated rings. The van der Waals surface area contributed by atoms with Crippen molar-refractivity contribution in [2.45, 2.75) is 19.8 Å². The standard InChI is InChI=1S/C13H14F2N2O3/c1-13(2-3-13)6-16-12(20)17-10-5-9(15)8(14)4-7(10)11(18)19/h4-5H,2-3,6H2,1H3,(H,18,19)(H2,16,17,20). The Morgan fingerprint density at radius 2 is 1.90 bits per heavy atom. The third-order valence-electron chi connectivity index (χ3n) is 3.32. The summed E-state index contributed by atoms with van der Waals surface area (Å²) in [4.78, 5) is 22.6. The average molecular weight is 284 g/mol. The first-order chi connectivity index (χ1) is 9.31. The fraction of sp³-hybridized carbons (Fsp3) is 0.385. The minimum Gasteiger partial charge on any atom is -0.478 e. The molecule has 0 saturated heterocycles. The molecule has 0 aliphatic heterocycles. The summed E-state index contributed by atoms with van der Waals surface area (Å²) in [6.07, 6.45) is 2.03. The van der Waals surface area contributed by atoms with Gasteiger partial charge in [0.15, 0.2) is 11.6 Å². The van der Waals surface area contributed by atoms with Gasteiger partial charge in [0.05, 0.1) is 11.3 Å². The number of carboxylic acids is 1. The van der Waals surface area contributed by atoms with Gasteiger partial charge in [-0.15, -0.1) is 0 Å². The topological polar surface area (TPSA) is 78.4 Å². The zero-order chi connectivity index (χ0) is 14.9. The van der Waals surface area contributed by atoms with Gasteiger partial charge in [0, 0.05) is 12.6 Å². The van der Waals surface area contributed by atoms with Crippen molar-refractivity contribution in [3.8, 4) is 0 Å². The number of carboxylic acid groups (broad SMARTS) is 1. The number of hydrogen-bond donors (Lipinski definition) is 3. The molecule has 1 saturated carbocycles. The molecule has 1 aromatic rings. The van der Waals surface area contributed by atoms with Crippen LogP contribution in [0.15, 0.2) is 12.1 Å². The fourth-order valence-electron chi connectivity index (χ4n) is 1.68. The van der Waals surface area contributed by atoms with Crippen LogP contribution in [0.1, 0.15) is 30.1 Å². The number of nitrogens with one attached hydrogen (secondary N) is 2. The van der Waals surface area contributed by atoms with Crippen molar-refractivity contribution >= 4 is 17.7 Å². The van der Waals surface area contributed by atoms with Crippen LogP contribution in [0.2, 0.25) is 0 Å². The molecule has 0 radical (unpaired) electrons. The van der Waals surface area contributed by atoms with Crippen molar-refractivity contribution in [1.29, 1.82) is 0 Å². The van der Waals surface area contributed by atoms with E-state index in [2.05, 4.69) is 10.6 Å². The van der Waals surface area contributed by atoms with E-state index in [9.17, 15) is 18.4 Å². The summed E-state index contributed by atoms with van der Waals surface area (Å²) in [5.41, 5.74) is -0.701. The second kappa shape index (κ2) is 5.07. The molecule has 0 bridgehead atoms. The smallest absolute Gasteiger partial charge is 0.337 e. The quantitative estimate of drug-likeness (QED) is 0.795. The SMILES string of the molecule is CC1(CNC(=O)Nc2cc(F)c(F)cc2C(=O)O)CC1. The second-order valence-electron chi connectivity index (χ2n) is 5.24. The molecule has 1 aliphatic rings. The Morgan fingerprint density at radius 3 is 2.45 bits per heavy atom. The zero-order valence-corrected chi connectivity index (χ0v) is 10.8. The van der Waals surface area contributed by atoms with Crippen LogP contribution in [0.5, 0.6) is 0 Å². The molecule has 20 heavy (non-hydrogen) atoms. The number of anilines is 1. The number of carbonyl (C=O) groups excluding carboxylic acids is 1. The molecule has 5 nitrogen and oxygen atoms in total. The number of amides is 2. The van der Waals surface area contributed by atoms with E-state index >= 15 is 0 Å². The minimum atomic E-state index is -1.45. The van der Waals surface area contributed by atoms with Gasteiger partial charge in [-0.05, 0) is 24.3 Å². The molecule has 0 heterocycles. The first-order valence-corrected chi connectivity index (χ1v) is 6.08. The lowest BCUT2D eigenvalue weighted by Gasteiger charge is -2.13. The molecular formula is C13H14F2N2O3. The van der Waals surface area contributed by atoms with Gasteiger partial charge in [-0.25, -0.2) is 18.4 Å². The molecule has 7 heteroatoms. The van der Waals surface area contributed by atoms with Crippen molar-refractivity contribution in [3.63, 3.8) is 0 Å². The molecule has 2 rings (SSSR count). The number of rotatable bonds is 4. The maximum Gasteiger partial charge on any atom is 0.337 e. The average Bonchev–Trinajstić information content (AvgIpc) is 3.09. The Balaban J connectivity index is 2.09. The van der Waals surface area contributed by atoms with Crippen LogP contribution in [-0.2, 0) is 0 Å². The molecule has 0 aromatic heterocycles. The summed E-state index contributed by atoms with van der Waals surface area (Å²) in [5.74, 6) is -3.95. The van der Waals surface area contributed by atoms with Crippen molar-refractivity contribution in [2.75, 3.05) is 11.9 Å². The second-order valence-corrected chi connectivity index (χ2v) is 5.24. The van der Waals surface area contributed by atoms with Crippen molar-refractivity contribution in [3.05, 3.63) is 29.3 Å². The summed E-state index contributed by atoms with van der Waals surface area (Å²) in [7, 11) is 0. The van der Waals surface area contributed by atoms with Gasteiger partial charge >= 0.3 is 12.0 Å². The van der Waals surface area contributed by atoms with Crippen LogP contribution in [0.25, 0.3) is 0 Å². The normalized spacial score (nSPS) is 15.6. The Hall–Kier alpha value is -2.18. The summed E-state index contributed by atoms with van der Waals surface area (Å²) in [5, 5.41) is 13.7. The van der Waals surface area contributed by atoms with E-state index in [0.717, 1.165) is 12.8 Å². The van der Waals surface area contributed by atoms with Gasteiger partial charge in [0.2, 0.25) is 0 Å². The zero-order valence-electron chi connectivity index (χ0n) is 10.8. The number of urea groups is 1. The third-order valence-corrected chi connectivity index (χ3v) is 3.32. The summed E-state index contributed by atoms with van der Waals surface area (Å²) >= 11 is 0. The molecule has 108 valence electrons. The number of hydrogen-bond acceptors (Lipinski definition) is 2. The van der Waals surface area contributed by atoms with Crippen LogP contribution >= 0.6 is 0 Å². The van der Waals surface area contributed by atoms with E-state index in [1.807, 2.05) is 6.92 Å². The van der Waals surface area contributed by atoms with E-state index in [1.54, 1.807) is 0 Å². The Bertz CT molecular complexity index is 571. The van der Waals surface area contributed by atoms with Gasteiger partial charge in [0.1, 0.15) is 0 Å². The van der Waals surface area contributed by atoms with Crippen LogP contribution in [-0.4, -0.2) is 23.7 Å². The predicted molar refractivity (Wildman–Crippen MR) is 67.7 cm³/mol. The summed E-state index contributed by atoms with van der Waals surface area (Å²) in [6, 6.07) is 0.541. The molecule has 0 spiro atoms. The van der Waals surface area contributed by atoms with E-state index < -0.39 is 29.2 Å². The first-order valence-electron chi connectivity index (χ1n) is 6.08. The number of benzene rings is 1. The molecule has 3 N–H and O–H groups in total. The Kier molecular flexibility index (Phi) is 3.61. The monoisotopic (exact) mass is 284 g/mol. The highest BCUT2D eigenvalue weighted by Gasteiger charge is 2.37. The predicted octanol–water partition coefficient (Wildman–Crippen LogP) is 2.58. The van der Waals surface area contributed by atoms with Gasteiger partial charge in [-0.2, -0.15) is 0 Å². The maximum absolute atomic E-state index is 13.1. The minimum absolute atomic E-state index is 0.0843. The molecular weight excluding hydrogens is 270 g/mol. The van der Waals surface area contributed by atoms with Gasteiger partial charge in [-0.3, -0.25) is 0 Å². The van der Waals surface area contributed by atoms with Gasteiger partial charge in [-0.1, -0.05) is 6.92 Å².